The van der Waals surface area contributed by atoms with E-state index in [0.29, 0.717) is 5.02 Å². The lowest BCUT2D eigenvalue weighted by Crippen LogP contribution is -2.36. The zero-order valence-electron chi connectivity index (χ0n) is 7.95. The fourth-order valence-electron chi connectivity index (χ4n) is 1.49. The molecule has 1 aromatic rings. The second-order valence-corrected chi connectivity index (χ2v) is 5.09. The molecule has 0 saturated heterocycles. The van der Waals surface area contributed by atoms with Crippen molar-refractivity contribution in [2.24, 2.45) is 0 Å². The van der Waals surface area contributed by atoms with Gasteiger partial charge in [0.25, 0.3) is 0 Å². The topological polar surface area (TPSA) is 20.3 Å². The van der Waals surface area contributed by atoms with Gasteiger partial charge in [-0.3, -0.25) is 4.79 Å². The van der Waals surface area contributed by atoms with Crippen molar-refractivity contribution in [3.63, 3.8) is 0 Å². The second-order valence-electron chi connectivity index (χ2n) is 3.27. The zero-order valence-corrected chi connectivity index (χ0v) is 9.52. The second kappa shape index (κ2) is 3.48. The predicted octanol–water partition coefficient (Wildman–Crippen LogP) is 2.80. The molecule has 14 heavy (non-hydrogen) atoms. The van der Waals surface area contributed by atoms with E-state index >= 15 is 0 Å². The number of anilines is 1. The number of rotatable bonds is 0. The maximum absolute atomic E-state index is 11.6. The average Bonchev–Trinajstić information content (AvgIpc) is 2.14. The Balaban J connectivity index is 2.50. The molecule has 1 aromatic carbocycles. The smallest absolute Gasteiger partial charge is 0.239 e. The maximum Gasteiger partial charge on any atom is 0.239 e. The van der Waals surface area contributed by atoms with Crippen LogP contribution in [0.5, 0.6) is 0 Å². The van der Waals surface area contributed by atoms with Crippen LogP contribution in [-0.2, 0) is 4.79 Å². The van der Waals surface area contributed by atoms with E-state index in [1.54, 1.807) is 29.8 Å². The van der Waals surface area contributed by atoms with E-state index in [9.17, 15) is 4.79 Å². The van der Waals surface area contributed by atoms with Crippen LogP contribution in [0.4, 0.5) is 5.69 Å². The summed E-state index contributed by atoms with van der Waals surface area (Å²) < 4.78 is 0. The number of hydrogen-bond acceptors (Lipinski definition) is 2. The van der Waals surface area contributed by atoms with Crippen LogP contribution in [0.15, 0.2) is 23.1 Å². The van der Waals surface area contributed by atoms with Crippen LogP contribution in [0, 0.1) is 0 Å². The summed E-state index contributed by atoms with van der Waals surface area (Å²) in [6.07, 6.45) is 0. The van der Waals surface area contributed by atoms with E-state index < -0.39 is 0 Å². The number of fused-ring (bicyclic) bond motifs is 1. The first-order valence-corrected chi connectivity index (χ1v) is 5.59. The lowest BCUT2D eigenvalue weighted by atomic mass is 10.2. The minimum absolute atomic E-state index is 0.0223. The molecular weight excluding hydrogens is 218 g/mol. The summed E-state index contributed by atoms with van der Waals surface area (Å²) in [5.74, 6) is 0.143. The molecule has 74 valence electrons. The normalized spacial score (nSPS) is 20.9. The van der Waals surface area contributed by atoms with Gasteiger partial charge in [0, 0.05) is 17.0 Å². The number of carbonyl (C=O) groups excluding carboxylic acids is 1. The summed E-state index contributed by atoms with van der Waals surface area (Å²) in [6.45, 7) is 1.91. The molecule has 2 nitrogen and oxygen atoms in total. The van der Waals surface area contributed by atoms with Crippen molar-refractivity contribution in [3.8, 4) is 0 Å². The SMILES string of the molecule is CC1Sc2cc(Cl)ccc2N(C)C1=O. The quantitative estimate of drug-likeness (QED) is 0.679. The molecule has 1 unspecified atom stereocenters. The van der Waals surface area contributed by atoms with E-state index in [-0.39, 0.29) is 11.2 Å². The molecule has 1 heterocycles. The number of amides is 1. The molecule has 0 fully saturated rings. The number of thioether (sulfide) groups is 1. The van der Waals surface area contributed by atoms with Crippen LogP contribution in [0.1, 0.15) is 6.92 Å². The monoisotopic (exact) mass is 227 g/mol. The van der Waals surface area contributed by atoms with Crippen molar-refractivity contribution in [2.45, 2.75) is 17.1 Å². The van der Waals surface area contributed by atoms with Gasteiger partial charge in [-0.15, -0.1) is 11.8 Å². The van der Waals surface area contributed by atoms with Gasteiger partial charge in [-0.1, -0.05) is 11.6 Å². The summed E-state index contributed by atoms with van der Waals surface area (Å²) in [6, 6.07) is 5.59. The van der Waals surface area contributed by atoms with E-state index in [0.717, 1.165) is 10.6 Å². The molecule has 0 N–H and O–H groups in total. The first-order chi connectivity index (χ1) is 6.59. The standard InChI is InChI=1S/C10H10ClNOS/c1-6-10(13)12(2)8-4-3-7(11)5-9(8)14-6/h3-6H,1-2H3. The molecule has 1 aliphatic heterocycles. The molecule has 0 aliphatic carbocycles. The third-order valence-corrected chi connectivity index (χ3v) is 3.64. The highest BCUT2D eigenvalue weighted by Gasteiger charge is 2.27. The highest BCUT2D eigenvalue weighted by molar-refractivity contribution is 8.01. The van der Waals surface area contributed by atoms with Crippen molar-refractivity contribution >= 4 is 35.0 Å². The van der Waals surface area contributed by atoms with Crippen LogP contribution in [0.2, 0.25) is 5.02 Å². The number of halogens is 1. The Bertz CT molecular complexity index is 394. The molecule has 1 amide bonds. The van der Waals surface area contributed by atoms with Gasteiger partial charge in [0.1, 0.15) is 0 Å². The van der Waals surface area contributed by atoms with Crippen LogP contribution < -0.4 is 4.90 Å². The fraction of sp³-hybridized carbons (Fsp3) is 0.300. The first kappa shape index (κ1) is 9.87. The molecule has 0 aromatic heterocycles. The molecule has 0 saturated carbocycles. The van der Waals surface area contributed by atoms with Crippen molar-refractivity contribution in [1.82, 2.24) is 0 Å². The number of nitrogens with zero attached hydrogens (tertiary/aromatic N) is 1. The van der Waals surface area contributed by atoms with Crippen molar-refractivity contribution in [1.29, 1.82) is 0 Å². The number of benzene rings is 1. The summed E-state index contributed by atoms with van der Waals surface area (Å²) in [4.78, 5) is 14.4. The maximum atomic E-state index is 11.6. The molecule has 4 heteroatoms. The highest BCUT2D eigenvalue weighted by Crippen LogP contribution is 2.39. The van der Waals surface area contributed by atoms with Crippen LogP contribution in [-0.4, -0.2) is 18.2 Å². The minimum atomic E-state index is -0.0223. The molecular formula is C10H10ClNOS. The molecule has 1 aliphatic rings. The van der Waals surface area contributed by atoms with E-state index in [4.69, 9.17) is 11.6 Å². The summed E-state index contributed by atoms with van der Waals surface area (Å²) in [5.41, 5.74) is 0.947. The third-order valence-electron chi connectivity index (χ3n) is 2.27. The van der Waals surface area contributed by atoms with E-state index in [2.05, 4.69) is 0 Å². The van der Waals surface area contributed by atoms with Gasteiger partial charge in [-0.05, 0) is 25.1 Å². The highest BCUT2D eigenvalue weighted by atomic mass is 35.5. The van der Waals surface area contributed by atoms with Gasteiger partial charge in [0.15, 0.2) is 0 Å². The number of carbonyl (C=O) groups is 1. The Kier molecular flexibility index (Phi) is 2.45. The van der Waals surface area contributed by atoms with Gasteiger partial charge in [0.2, 0.25) is 5.91 Å². The van der Waals surface area contributed by atoms with E-state index in [1.807, 2.05) is 19.1 Å². The molecule has 1 atom stereocenters. The average molecular weight is 228 g/mol. The summed E-state index contributed by atoms with van der Waals surface area (Å²) in [5, 5.41) is 0.692. The fourth-order valence-corrected chi connectivity index (χ4v) is 2.89. The number of hydrogen-bond donors (Lipinski definition) is 0. The Morgan fingerprint density at radius 2 is 2.21 bits per heavy atom. The lowest BCUT2D eigenvalue weighted by molar-refractivity contribution is -0.117. The largest absolute Gasteiger partial charge is 0.313 e. The van der Waals surface area contributed by atoms with Gasteiger partial charge in [0.05, 0.1) is 10.9 Å². The molecule has 0 spiro atoms. The van der Waals surface area contributed by atoms with E-state index in [1.165, 1.54) is 0 Å². The molecule has 0 radical (unpaired) electrons. The van der Waals surface area contributed by atoms with Crippen LogP contribution in [0.3, 0.4) is 0 Å². The zero-order chi connectivity index (χ0) is 10.3. The third kappa shape index (κ3) is 1.51. The van der Waals surface area contributed by atoms with Gasteiger partial charge in [-0.2, -0.15) is 0 Å². The van der Waals surface area contributed by atoms with Gasteiger partial charge >= 0.3 is 0 Å². The first-order valence-electron chi connectivity index (χ1n) is 4.33. The summed E-state index contributed by atoms with van der Waals surface area (Å²) in [7, 11) is 1.80. The lowest BCUT2D eigenvalue weighted by Gasteiger charge is -2.29. The Morgan fingerprint density at radius 3 is 2.93 bits per heavy atom. The predicted molar refractivity (Wildman–Crippen MR) is 60.2 cm³/mol. The minimum Gasteiger partial charge on any atom is -0.313 e. The van der Waals surface area contributed by atoms with Crippen molar-refractivity contribution in [3.05, 3.63) is 23.2 Å². The van der Waals surface area contributed by atoms with Gasteiger partial charge < -0.3 is 4.90 Å². The molecule has 2 rings (SSSR count). The Hall–Kier alpha value is -0.670. The van der Waals surface area contributed by atoms with Crippen molar-refractivity contribution in [2.75, 3.05) is 11.9 Å². The Morgan fingerprint density at radius 1 is 1.50 bits per heavy atom. The molecule has 0 bridgehead atoms. The summed E-state index contributed by atoms with van der Waals surface area (Å²) >= 11 is 7.45. The van der Waals surface area contributed by atoms with Crippen LogP contribution in [0.25, 0.3) is 0 Å². The van der Waals surface area contributed by atoms with Gasteiger partial charge in [-0.25, -0.2) is 0 Å². The van der Waals surface area contributed by atoms with Crippen molar-refractivity contribution < 1.29 is 4.79 Å². The Labute approximate surface area is 92.2 Å². The van der Waals surface area contributed by atoms with Crippen LogP contribution >= 0.6 is 23.4 Å².